The number of benzene rings is 1. The minimum atomic E-state index is -0.759. The number of halogens is 1. The van der Waals surface area contributed by atoms with Crippen molar-refractivity contribution in [3.63, 3.8) is 0 Å². The lowest BCUT2D eigenvalue weighted by atomic mass is 10.1. The lowest BCUT2D eigenvalue weighted by Crippen LogP contribution is -2.34. The Labute approximate surface area is 83.8 Å². The van der Waals surface area contributed by atoms with Crippen LogP contribution in [0.4, 0.5) is 4.39 Å². The average Bonchev–Trinajstić information content (AvgIpc) is 2.06. The molecular formula is C11H16FNO. The summed E-state index contributed by atoms with van der Waals surface area (Å²) in [4.78, 5) is 0. The van der Waals surface area contributed by atoms with Crippen LogP contribution in [0.2, 0.25) is 0 Å². The summed E-state index contributed by atoms with van der Waals surface area (Å²) in [5.74, 6) is -0.212. The molecule has 0 saturated heterocycles. The van der Waals surface area contributed by atoms with Gasteiger partial charge in [0.25, 0.3) is 0 Å². The van der Waals surface area contributed by atoms with Gasteiger partial charge in [-0.3, -0.25) is 0 Å². The molecule has 0 aliphatic rings. The van der Waals surface area contributed by atoms with E-state index in [0.717, 1.165) is 0 Å². The number of aliphatic hydroxyl groups is 1. The van der Waals surface area contributed by atoms with Crippen molar-refractivity contribution in [1.29, 1.82) is 0 Å². The monoisotopic (exact) mass is 197 g/mol. The van der Waals surface area contributed by atoms with Gasteiger partial charge in [0.05, 0.1) is 5.60 Å². The molecular weight excluding hydrogens is 181 g/mol. The summed E-state index contributed by atoms with van der Waals surface area (Å²) < 4.78 is 13.1. The number of hydrogen-bond acceptors (Lipinski definition) is 2. The summed E-state index contributed by atoms with van der Waals surface area (Å²) in [6, 6.07) is 6.62. The quantitative estimate of drug-likeness (QED) is 0.769. The van der Waals surface area contributed by atoms with Crippen LogP contribution in [0.25, 0.3) is 0 Å². The van der Waals surface area contributed by atoms with E-state index in [1.807, 2.05) is 0 Å². The smallest absolute Gasteiger partial charge is 0.127 e. The molecule has 0 heterocycles. The molecule has 0 aliphatic carbocycles. The highest BCUT2D eigenvalue weighted by Gasteiger charge is 2.11. The summed E-state index contributed by atoms with van der Waals surface area (Å²) in [6.07, 6.45) is 0. The molecule has 14 heavy (non-hydrogen) atoms. The Bertz CT molecular complexity index is 294. The molecule has 0 spiro atoms. The summed E-state index contributed by atoms with van der Waals surface area (Å²) in [7, 11) is 0. The Morgan fingerprint density at radius 3 is 2.57 bits per heavy atom. The van der Waals surface area contributed by atoms with Gasteiger partial charge in [-0.05, 0) is 19.9 Å². The highest BCUT2D eigenvalue weighted by Crippen LogP contribution is 2.06. The van der Waals surface area contributed by atoms with Gasteiger partial charge >= 0.3 is 0 Å². The standard InChI is InChI=1S/C11H16FNO/c1-11(2,14)8-13-7-9-5-3-4-6-10(9)12/h3-6,13-14H,7-8H2,1-2H3. The van der Waals surface area contributed by atoms with Crippen molar-refractivity contribution in [2.75, 3.05) is 6.54 Å². The maximum Gasteiger partial charge on any atom is 0.127 e. The minimum absolute atomic E-state index is 0.212. The Hall–Kier alpha value is -0.930. The SMILES string of the molecule is CC(C)(O)CNCc1ccccc1F. The molecule has 78 valence electrons. The van der Waals surface area contributed by atoms with Crippen molar-refractivity contribution in [3.8, 4) is 0 Å². The van der Waals surface area contributed by atoms with E-state index in [-0.39, 0.29) is 5.82 Å². The van der Waals surface area contributed by atoms with Crippen LogP contribution >= 0.6 is 0 Å². The van der Waals surface area contributed by atoms with E-state index < -0.39 is 5.60 Å². The maximum atomic E-state index is 13.1. The molecule has 1 rings (SSSR count). The van der Waals surface area contributed by atoms with Crippen molar-refractivity contribution >= 4 is 0 Å². The third-order valence-electron chi connectivity index (χ3n) is 1.83. The largest absolute Gasteiger partial charge is 0.389 e. The van der Waals surface area contributed by atoms with Crippen LogP contribution in [-0.2, 0) is 6.54 Å². The third-order valence-corrected chi connectivity index (χ3v) is 1.83. The van der Waals surface area contributed by atoms with Crippen molar-refractivity contribution in [2.45, 2.75) is 26.0 Å². The number of hydrogen-bond donors (Lipinski definition) is 2. The van der Waals surface area contributed by atoms with Crippen molar-refractivity contribution in [1.82, 2.24) is 5.32 Å². The van der Waals surface area contributed by atoms with Crippen LogP contribution < -0.4 is 5.32 Å². The topological polar surface area (TPSA) is 32.3 Å². The highest BCUT2D eigenvalue weighted by molar-refractivity contribution is 5.16. The second-order valence-electron chi connectivity index (χ2n) is 4.01. The zero-order valence-electron chi connectivity index (χ0n) is 8.55. The minimum Gasteiger partial charge on any atom is -0.389 e. The van der Waals surface area contributed by atoms with Gasteiger partial charge in [0.15, 0.2) is 0 Å². The van der Waals surface area contributed by atoms with Crippen LogP contribution in [0.5, 0.6) is 0 Å². The van der Waals surface area contributed by atoms with E-state index >= 15 is 0 Å². The highest BCUT2D eigenvalue weighted by atomic mass is 19.1. The number of rotatable bonds is 4. The molecule has 0 unspecified atom stereocenters. The molecule has 0 saturated carbocycles. The Morgan fingerprint density at radius 2 is 2.00 bits per heavy atom. The fraction of sp³-hybridized carbons (Fsp3) is 0.455. The molecule has 0 atom stereocenters. The van der Waals surface area contributed by atoms with Gasteiger partial charge in [-0.2, -0.15) is 0 Å². The second-order valence-corrected chi connectivity index (χ2v) is 4.01. The third kappa shape index (κ3) is 3.85. The molecule has 2 N–H and O–H groups in total. The molecule has 0 bridgehead atoms. The summed E-state index contributed by atoms with van der Waals surface area (Å²) in [5, 5.41) is 12.4. The van der Waals surface area contributed by atoms with Crippen LogP contribution in [0, 0.1) is 5.82 Å². The lowest BCUT2D eigenvalue weighted by Gasteiger charge is -2.17. The Balaban J connectivity index is 2.43. The van der Waals surface area contributed by atoms with Gasteiger partial charge in [-0.1, -0.05) is 18.2 Å². The van der Waals surface area contributed by atoms with E-state index in [1.165, 1.54) is 6.07 Å². The molecule has 0 amide bonds. The summed E-state index contributed by atoms with van der Waals surface area (Å²) in [5.41, 5.74) is -0.137. The van der Waals surface area contributed by atoms with Gasteiger partial charge in [0.1, 0.15) is 5.82 Å². The fourth-order valence-electron chi connectivity index (χ4n) is 1.14. The maximum absolute atomic E-state index is 13.1. The summed E-state index contributed by atoms with van der Waals surface area (Å²) >= 11 is 0. The fourth-order valence-corrected chi connectivity index (χ4v) is 1.14. The van der Waals surface area contributed by atoms with Crippen molar-refractivity contribution < 1.29 is 9.50 Å². The van der Waals surface area contributed by atoms with E-state index in [1.54, 1.807) is 32.0 Å². The van der Waals surface area contributed by atoms with Crippen LogP contribution in [0.15, 0.2) is 24.3 Å². The lowest BCUT2D eigenvalue weighted by molar-refractivity contribution is 0.0794. The first kappa shape index (κ1) is 11.1. The molecule has 0 radical (unpaired) electrons. The van der Waals surface area contributed by atoms with Gasteiger partial charge in [0.2, 0.25) is 0 Å². The zero-order valence-corrected chi connectivity index (χ0v) is 8.55. The predicted octanol–water partition coefficient (Wildman–Crippen LogP) is 1.69. The average molecular weight is 197 g/mol. The zero-order chi connectivity index (χ0) is 10.6. The van der Waals surface area contributed by atoms with E-state index in [0.29, 0.717) is 18.7 Å². The first-order valence-corrected chi connectivity index (χ1v) is 4.65. The first-order valence-electron chi connectivity index (χ1n) is 4.65. The van der Waals surface area contributed by atoms with Gasteiger partial charge in [-0.25, -0.2) is 4.39 Å². The molecule has 2 nitrogen and oxygen atoms in total. The second kappa shape index (κ2) is 4.53. The molecule has 0 fully saturated rings. The van der Waals surface area contributed by atoms with Crippen LogP contribution in [-0.4, -0.2) is 17.3 Å². The van der Waals surface area contributed by atoms with Crippen LogP contribution in [0.1, 0.15) is 19.4 Å². The molecule has 3 heteroatoms. The molecule has 0 aliphatic heterocycles. The van der Waals surface area contributed by atoms with Crippen molar-refractivity contribution in [2.24, 2.45) is 0 Å². The molecule has 1 aromatic carbocycles. The normalized spacial score (nSPS) is 11.7. The van der Waals surface area contributed by atoms with E-state index in [9.17, 15) is 9.50 Å². The van der Waals surface area contributed by atoms with Gasteiger partial charge in [0, 0.05) is 18.7 Å². The molecule has 0 aromatic heterocycles. The van der Waals surface area contributed by atoms with E-state index in [4.69, 9.17) is 0 Å². The van der Waals surface area contributed by atoms with Crippen molar-refractivity contribution in [3.05, 3.63) is 35.6 Å². The van der Waals surface area contributed by atoms with E-state index in [2.05, 4.69) is 5.32 Å². The summed E-state index contributed by atoms with van der Waals surface area (Å²) in [6.45, 7) is 4.31. The van der Waals surface area contributed by atoms with Gasteiger partial charge < -0.3 is 10.4 Å². The predicted molar refractivity (Wildman–Crippen MR) is 54.4 cm³/mol. The van der Waals surface area contributed by atoms with Crippen LogP contribution in [0.3, 0.4) is 0 Å². The Kier molecular flexibility index (Phi) is 3.61. The van der Waals surface area contributed by atoms with Gasteiger partial charge in [-0.15, -0.1) is 0 Å². The Morgan fingerprint density at radius 1 is 1.36 bits per heavy atom. The number of nitrogens with one attached hydrogen (secondary N) is 1. The first-order chi connectivity index (χ1) is 6.49. The molecule has 1 aromatic rings.